The summed E-state index contributed by atoms with van der Waals surface area (Å²) in [5, 5.41) is 4.01. The van der Waals surface area contributed by atoms with Gasteiger partial charge in [0.15, 0.2) is 6.73 Å². The molecular weight excluding hydrogens is 246 g/mol. The molecule has 1 saturated carbocycles. The number of hydrogen-bond donors (Lipinski definition) is 0. The van der Waals surface area contributed by atoms with Crippen LogP contribution >= 0.6 is 0 Å². The highest BCUT2D eigenvalue weighted by Gasteiger charge is 2.51. The largest absolute Gasteiger partial charge is 0.442 e. The number of aryl methyl sites for hydroxylation is 1. The Morgan fingerprint density at radius 3 is 2.79 bits per heavy atom. The van der Waals surface area contributed by atoms with Gasteiger partial charge in [-0.25, -0.2) is 4.79 Å². The molecule has 0 N–H and O–H groups in total. The molecule has 0 saturated heterocycles. The van der Waals surface area contributed by atoms with Crippen molar-refractivity contribution in [1.29, 1.82) is 0 Å². The monoisotopic (exact) mass is 263 g/mol. The van der Waals surface area contributed by atoms with Gasteiger partial charge >= 0.3 is 11.7 Å². The van der Waals surface area contributed by atoms with Crippen molar-refractivity contribution in [2.75, 3.05) is 0 Å². The van der Waals surface area contributed by atoms with E-state index in [0.717, 1.165) is 11.1 Å². The van der Waals surface area contributed by atoms with Crippen LogP contribution in [0.1, 0.15) is 26.1 Å². The van der Waals surface area contributed by atoms with E-state index in [9.17, 15) is 9.59 Å². The molecule has 1 fully saturated rings. The molecular formula is C13H17N3O3. The molecule has 0 bridgehead atoms. The van der Waals surface area contributed by atoms with Crippen LogP contribution in [0.25, 0.3) is 0 Å². The second kappa shape index (κ2) is 4.57. The number of hydrogen-bond acceptors (Lipinski definition) is 4. The van der Waals surface area contributed by atoms with E-state index in [2.05, 4.69) is 11.0 Å². The SMILES string of the molecule is C#CCn1c(C)nn(COC(=O)[C@@H]2CC2(C)C)c1=O. The fourth-order valence-corrected chi connectivity index (χ4v) is 2.00. The lowest BCUT2D eigenvalue weighted by atomic mass is 10.1. The molecule has 1 aromatic heterocycles. The van der Waals surface area contributed by atoms with Crippen molar-refractivity contribution in [2.24, 2.45) is 11.3 Å². The van der Waals surface area contributed by atoms with Gasteiger partial charge in [-0.05, 0) is 18.8 Å². The lowest BCUT2D eigenvalue weighted by Gasteiger charge is -2.04. The summed E-state index contributed by atoms with van der Waals surface area (Å²) in [5.41, 5.74) is -0.348. The molecule has 0 amide bonds. The Morgan fingerprint density at radius 2 is 2.26 bits per heavy atom. The zero-order chi connectivity index (χ0) is 14.2. The molecule has 0 unspecified atom stereocenters. The highest BCUT2D eigenvalue weighted by Crippen LogP contribution is 2.52. The fourth-order valence-electron chi connectivity index (χ4n) is 2.00. The highest BCUT2D eigenvalue weighted by molar-refractivity contribution is 5.76. The standard InChI is InChI=1S/C13H17N3O3/c1-5-6-15-9(2)14-16(12(15)18)8-19-11(17)10-7-13(10,3)4/h1,10H,6-8H2,2-4H3/t10-/m0/s1. The molecule has 102 valence electrons. The number of esters is 1. The summed E-state index contributed by atoms with van der Waals surface area (Å²) in [7, 11) is 0. The summed E-state index contributed by atoms with van der Waals surface area (Å²) < 4.78 is 7.58. The average molecular weight is 263 g/mol. The van der Waals surface area contributed by atoms with Crippen LogP contribution in [0.15, 0.2) is 4.79 Å². The van der Waals surface area contributed by atoms with E-state index in [-0.39, 0.29) is 36.3 Å². The number of nitrogens with zero attached hydrogens (tertiary/aromatic N) is 3. The zero-order valence-electron chi connectivity index (χ0n) is 11.3. The predicted octanol–water partition coefficient (Wildman–Crippen LogP) is 0.533. The van der Waals surface area contributed by atoms with Crippen molar-refractivity contribution in [3.63, 3.8) is 0 Å². The molecule has 0 radical (unpaired) electrons. The second-order valence-electron chi connectivity index (χ2n) is 5.46. The molecule has 0 aliphatic heterocycles. The van der Waals surface area contributed by atoms with E-state index in [4.69, 9.17) is 11.2 Å². The van der Waals surface area contributed by atoms with Gasteiger partial charge in [-0.15, -0.1) is 6.42 Å². The maximum absolute atomic E-state index is 11.9. The molecule has 1 aliphatic carbocycles. The quantitative estimate of drug-likeness (QED) is 0.587. The maximum Gasteiger partial charge on any atom is 0.349 e. The van der Waals surface area contributed by atoms with E-state index < -0.39 is 0 Å². The summed E-state index contributed by atoms with van der Waals surface area (Å²) in [5.74, 6) is 2.54. The van der Waals surface area contributed by atoms with E-state index in [1.54, 1.807) is 6.92 Å². The minimum Gasteiger partial charge on any atom is -0.442 e. The Labute approximate surface area is 111 Å². The van der Waals surface area contributed by atoms with Gasteiger partial charge in [0.05, 0.1) is 12.5 Å². The molecule has 0 spiro atoms. The third kappa shape index (κ3) is 2.55. The number of rotatable bonds is 4. The Bertz CT molecular complexity index is 604. The molecule has 1 heterocycles. The van der Waals surface area contributed by atoms with Crippen LogP contribution in [0.2, 0.25) is 0 Å². The van der Waals surface area contributed by atoms with E-state index >= 15 is 0 Å². The molecule has 1 aromatic rings. The Kier molecular flexibility index (Phi) is 3.23. The summed E-state index contributed by atoms with van der Waals surface area (Å²) >= 11 is 0. The molecule has 0 aromatic carbocycles. The first-order chi connectivity index (χ1) is 8.86. The van der Waals surface area contributed by atoms with Crippen molar-refractivity contribution in [3.8, 4) is 12.3 Å². The van der Waals surface area contributed by atoms with Crippen LogP contribution in [0, 0.1) is 30.6 Å². The molecule has 6 heteroatoms. The Hall–Kier alpha value is -2.03. The molecule has 19 heavy (non-hydrogen) atoms. The third-order valence-electron chi connectivity index (χ3n) is 3.48. The Morgan fingerprint density at radius 1 is 1.63 bits per heavy atom. The number of carbonyl (C=O) groups is 1. The van der Waals surface area contributed by atoms with E-state index in [1.165, 1.54) is 4.57 Å². The number of carbonyl (C=O) groups excluding carboxylic acids is 1. The average Bonchev–Trinajstić information content (AvgIpc) is 2.90. The van der Waals surface area contributed by atoms with Crippen LogP contribution in [0.4, 0.5) is 0 Å². The summed E-state index contributed by atoms with van der Waals surface area (Å²) in [4.78, 5) is 23.6. The number of aromatic nitrogens is 3. The van der Waals surface area contributed by atoms with Crippen molar-refractivity contribution in [2.45, 2.75) is 40.5 Å². The van der Waals surface area contributed by atoms with Crippen molar-refractivity contribution >= 4 is 5.97 Å². The van der Waals surface area contributed by atoms with Gasteiger partial charge in [-0.3, -0.25) is 9.36 Å². The predicted molar refractivity (Wildman–Crippen MR) is 68.0 cm³/mol. The summed E-state index contributed by atoms with van der Waals surface area (Å²) in [6.45, 7) is 5.70. The van der Waals surface area contributed by atoms with Gasteiger partial charge in [0.1, 0.15) is 5.82 Å². The van der Waals surface area contributed by atoms with E-state index in [0.29, 0.717) is 5.82 Å². The normalized spacial score (nSPS) is 19.8. The molecule has 1 atom stereocenters. The number of ether oxygens (including phenoxy) is 1. The minimum atomic E-state index is -0.363. The minimum absolute atomic E-state index is 0.0147. The first-order valence-corrected chi connectivity index (χ1v) is 6.11. The van der Waals surface area contributed by atoms with Gasteiger partial charge in [0.2, 0.25) is 0 Å². The van der Waals surface area contributed by atoms with E-state index in [1.807, 2.05) is 13.8 Å². The molecule has 6 nitrogen and oxygen atoms in total. The van der Waals surface area contributed by atoms with Gasteiger partial charge in [-0.1, -0.05) is 19.8 Å². The van der Waals surface area contributed by atoms with Gasteiger partial charge in [0.25, 0.3) is 0 Å². The first kappa shape index (κ1) is 13.4. The topological polar surface area (TPSA) is 66.1 Å². The second-order valence-corrected chi connectivity index (χ2v) is 5.46. The lowest BCUT2D eigenvalue weighted by Crippen LogP contribution is -2.27. The van der Waals surface area contributed by atoms with Crippen molar-refractivity contribution in [1.82, 2.24) is 14.3 Å². The summed E-state index contributed by atoms with van der Waals surface area (Å²) in [6, 6.07) is 0. The highest BCUT2D eigenvalue weighted by atomic mass is 16.5. The van der Waals surface area contributed by atoms with Crippen LogP contribution in [-0.2, 0) is 22.8 Å². The van der Waals surface area contributed by atoms with Gasteiger partial charge in [-0.2, -0.15) is 9.78 Å². The van der Waals surface area contributed by atoms with Crippen LogP contribution < -0.4 is 5.69 Å². The zero-order valence-corrected chi connectivity index (χ0v) is 11.3. The maximum atomic E-state index is 11.9. The van der Waals surface area contributed by atoms with Crippen LogP contribution in [0.3, 0.4) is 0 Å². The molecule has 2 rings (SSSR count). The van der Waals surface area contributed by atoms with Crippen LogP contribution in [-0.4, -0.2) is 20.3 Å². The first-order valence-electron chi connectivity index (χ1n) is 6.11. The Balaban J connectivity index is 2.01. The van der Waals surface area contributed by atoms with Gasteiger partial charge < -0.3 is 4.74 Å². The van der Waals surface area contributed by atoms with Gasteiger partial charge in [0, 0.05) is 0 Å². The van der Waals surface area contributed by atoms with Crippen molar-refractivity contribution in [3.05, 3.63) is 16.3 Å². The fraction of sp³-hybridized carbons (Fsp3) is 0.615. The summed E-state index contributed by atoms with van der Waals surface area (Å²) in [6.07, 6.45) is 6.00. The molecule has 1 aliphatic rings. The number of terminal acetylenes is 1. The van der Waals surface area contributed by atoms with Crippen LogP contribution in [0.5, 0.6) is 0 Å². The smallest absolute Gasteiger partial charge is 0.349 e. The van der Waals surface area contributed by atoms with Crippen molar-refractivity contribution < 1.29 is 9.53 Å². The lowest BCUT2D eigenvalue weighted by molar-refractivity contribution is -0.150. The third-order valence-corrected chi connectivity index (χ3v) is 3.48.